The SMILES string of the molecule is CN(/N=C/c1ccc(C(=O)NO)cc1F)C(=O)c1ccccc1N(C)C. The topological polar surface area (TPSA) is 85.2 Å². The van der Waals surface area contributed by atoms with E-state index in [-0.39, 0.29) is 17.0 Å². The van der Waals surface area contributed by atoms with Crippen LogP contribution in [0.4, 0.5) is 10.1 Å². The Balaban J connectivity index is 2.21. The van der Waals surface area contributed by atoms with Gasteiger partial charge in [0.15, 0.2) is 0 Å². The molecule has 8 heteroatoms. The van der Waals surface area contributed by atoms with Crippen LogP contribution in [-0.2, 0) is 0 Å². The van der Waals surface area contributed by atoms with Gasteiger partial charge in [-0.15, -0.1) is 0 Å². The van der Waals surface area contributed by atoms with Gasteiger partial charge in [-0.25, -0.2) is 14.9 Å². The van der Waals surface area contributed by atoms with E-state index in [4.69, 9.17) is 5.21 Å². The summed E-state index contributed by atoms with van der Waals surface area (Å²) in [5.41, 5.74) is 2.70. The molecule has 2 rings (SSSR count). The van der Waals surface area contributed by atoms with Crippen molar-refractivity contribution in [3.63, 3.8) is 0 Å². The van der Waals surface area contributed by atoms with E-state index in [1.807, 2.05) is 31.1 Å². The molecule has 2 N–H and O–H groups in total. The molecule has 0 spiro atoms. The quantitative estimate of drug-likeness (QED) is 0.487. The van der Waals surface area contributed by atoms with E-state index < -0.39 is 11.7 Å². The number of carbonyl (C=O) groups excluding carboxylic acids is 2. The van der Waals surface area contributed by atoms with Gasteiger partial charge in [0.1, 0.15) is 5.82 Å². The largest absolute Gasteiger partial charge is 0.377 e. The first-order valence-electron chi connectivity index (χ1n) is 7.67. The first-order valence-corrected chi connectivity index (χ1v) is 7.67. The second kappa shape index (κ2) is 8.21. The highest BCUT2D eigenvalue weighted by Crippen LogP contribution is 2.19. The lowest BCUT2D eigenvalue weighted by Crippen LogP contribution is -2.24. The minimum Gasteiger partial charge on any atom is -0.377 e. The molecule has 7 nitrogen and oxygen atoms in total. The van der Waals surface area contributed by atoms with Crippen LogP contribution in [0, 0.1) is 5.82 Å². The van der Waals surface area contributed by atoms with Crippen molar-refractivity contribution >= 4 is 23.7 Å². The summed E-state index contributed by atoms with van der Waals surface area (Å²) in [5, 5.41) is 13.6. The smallest absolute Gasteiger partial charge is 0.275 e. The first kappa shape index (κ1) is 19.1. The molecule has 26 heavy (non-hydrogen) atoms. The fourth-order valence-corrected chi connectivity index (χ4v) is 2.26. The van der Waals surface area contributed by atoms with Crippen molar-refractivity contribution in [2.75, 3.05) is 26.0 Å². The van der Waals surface area contributed by atoms with Crippen molar-refractivity contribution in [2.45, 2.75) is 0 Å². The monoisotopic (exact) mass is 358 g/mol. The third-order valence-corrected chi connectivity index (χ3v) is 3.64. The normalized spacial score (nSPS) is 10.7. The number of hydroxylamine groups is 1. The van der Waals surface area contributed by atoms with Crippen LogP contribution in [0.5, 0.6) is 0 Å². The number of carbonyl (C=O) groups is 2. The Morgan fingerprint density at radius 2 is 1.85 bits per heavy atom. The highest BCUT2D eigenvalue weighted by molar-refractivity contribution is 6.00. The second-order valence-corrected chi connectivity index (χ2v) is 5.66. The van der Waals surface area contributed by atoms with E-state index in [1.165, 1.54) is 30.9 Å². The van der Waals surface area contributed by atoms with Crippen LogP contribution in [0.2, 0.25) is 0 Å². The van der Waals surface area contributed by atoms with Gasteiger partial charge in [0.05, 0.1) is 11.8 Å². The van der Waals surface area contributed by atoms with Crippen LogP contribution in [-0.4, -0.2) is 49.4 Å². The zero-order chi connectivity index (χ0) is 19.3. The Hall–Kier alpha value is -3.26. The summed E-state index contributed by atoms with van der Waals surface area (Å²) in [6.45, 7) is 0. The molecule has 2 aromatic rings. The maximum absolute atomic E-state index is 14.0. The summed E-state index contributed by atoms with van der Waals surface area (Å²) in [4.78, 5) is 25.6. The molecule has 0 aromatic heterocycles. The molecule has 0 radical (unpaired) electrons. The van der Waals surface area contributed by atoms with Crippen molar-refractivity contribution in [3.8, 4) is 0 Å². The predicted octanol–water partition coefficient (Wildman–Crippen LogP) is 2.12. The van der Waals surface area contributed by atoms with Crippen LogP contribution >= 0.6 is 0 Å². The minimum atomic E-state index is -0.819. The van der Waals surface area contributed by atoms with Gasteiger partial charge in [-0.1, -0.05) is 12.1 Å². The Kier molecular flexibility index (Phi) is 6.03. The molecule has 0 fully saturated rings. The van der Waals surface area contributed by atoms with E-state index in [9.17, 15) is 14.0 Å². The lowest BCUT2D eigenvalue weighted by molar-refractivity contribution is 0.0705. The number of halogens is 1. The molecule has 0 atom stereocenters. The van der Waals surface area contributed by atoms with E-state index in [1.54, 1.807) is 12.1 Å². The minimum absolute atomic E-state index is 0.0357. The summed E-state index contributed by atoms with van der Waals surface area (Å²) in [6, 6.07) is 10.7. The highest BCUT2D eigenvalue weighted by atomic mass is 19.1. The van der Waals surface area contributed by atoms with Crippen LogP contribution in [0.3, 0.4) is 0 Å². The van der Waals surface area contributed by atoms with E-state index in [2.05, 4.69) is 5.10 Å². The number of benzene rings is 2. The predicted molar refractivity (Wildman–Crippen MR) is 96.1 cm³/mol. The van der Waals surface area contributed by atoms with E-state index >= 15 is 0 Å². The number of nitrogens with one attached hydrogen (secondary N) is 1. The number of anilines is 1. The standard InChI is InChI=1S/C18H19FN4O3/c1-22(2)16-7-5-4-6-14(16)18(25)23(3)20-11-13-9-8-12(10-15(13)19)17(24)21-26/h4-11,26H,1-3H3,(H,21,24)/b20-11+. The van der Waals surface area contributed by atoms with Gasteiger partial charge in [0.25, 0.3) is 11.8 Å². The fraction of sp³-hybridized carbons (Fsp3) is 0.167. The lowest BCUT2D eigenvalue weighted by atomic mass is 10.1. The van der Waals surface area contributed by atoms with Crippen LogP contribution < -0.4 is 10.4 Å². The van der Waals surface area contributed by atoms with Crippen molar-refractivity contribution in [3.05, 3.63) is 65.0 Å². The van der Waals surface area contributed by atoms with Gasteiger partial charge >= 0.3 is 0 Å². The molecule has 136 valence electrons. The van der Waals surface area contributed by atoms with Crippen molar-refractivity contribution in [2.24, 2.45) is 5.10 Å². The summed E-state index contributed by atoms with van der Waals surface area (Å²) in [6.07, 6.45) is 1.19. The summed E-state index contributed by atoms with van der Waals surface area (Å²) in [5.74, 6) is -1.87. The van der Waals surface area contributed by atoms with Crippen LogP contribution in [0.1, 0.15) is 26.3 Å². The lowest BCUT2D eigenvalue weighted by Gasteiger charge is -2.19. The first-order chi connectivity index (χ1) is 12.3. The molecule has 0 aliphatic carbocycles. The molecule has 0 heterocycles. The molecule has 0 saturated carbocycles. The average Bonchev–Trinajstić information content (AvgIpc) is 2.65. The molecule has 0 saturated heterocycles. The number of para-hydroxylation sites is 1. The summed E-state index contributed by atoms with van der Waals surface area (Å²) >= 11 is 0. The van der Waals surface area contributed by atoms with Gasteiger partial charge in [0.2, 0.25) is 0 Å². The molecule has 0 unspecified atom stereocenters. The van der Waals surface area contributed by atoms with Gasteiger partial charge in [-0.05, 0) is 30.3 Å². The number of rotatable bonds is 5. The number of hydrogen-bond acceptors (Lipinski definition) is 5. The second-order valence-electron chi connectivity index (χ2n) is 5.66. The summed E-state index contributed by atoms with van der Waals surface area (Å²) < 4.78 is 14.0. The molecule has 0 bridgehead atoms. The van der Waals surface area contributed by atoms with Gasteiger partial charge in [-0.2, -0.15) is 5.10 Å². The van der Waals surface area contributed by atoms with Crippen molar-refractivity contribution < 1.29 is 19.2 Å². The van der Waals surface area contributed by atoms with Gasteiger partial charge in [0, 0.05) is 38.0 Å². The maximum atomic E-state index is 14.0. The molecular formula is C18H19FN4O3. The Morgan fingerprint density at radius 1 is 1.15 bits per heavy atom. The van der Waals surface area contributed by atoms with Crippen molar-refractivity contribution in [1.82, 2.24) is 10.5 Å². The summed E-state index contributed by atoms with van der Waals surface area (Å²) in [7, 11) is 5.13. The molecule has 2 amide bonds. The molecule has 0 aliphatic heterocycles. The Bertz CT molecular complexity index is 852. The number of amides is 2. The fourth-order valence-electron chi connectivity index (χ4n) is 2.26. The zero-order valence-corrected chi connectivity index (χ0v) is 14.6. The molecule has 2 aromatic carbocycles. The Labute approximate surface area is 150 Å². The van der Waals surface area contributed by atoms with Gasteiger partial charge in [-0.3, -0.25) is 14.8 Å². The maximum Gasteiger partial charge on any atom is 0.275 e. The van der Waals surface area contributed by atoms with E-state index in [0.29, 0.717) is 5.56 Å². The third-order valence-electron chi connectivity index (χ3n) is 3.64. The molecule has 0 aliphatic rings. The van der Waals surface area contributed by atoms with Crippen LogP contribution in [0.25, 0.3) is 0 Å². The van der Waals surface area contributed by atoms with Crippen molar-refractivity contribution in [1.29, 1.82) is 0 Å². The number of hydrazone groups is 1. The number of hydrogen-bond donors (Lipinski definition) is 2. The number of nitrogens with zero attached hydrogens (tertiary/aromatic N) is 3. The zero-order valence-electron chi connectivity index (χ0n) is 14.6. The van der Waals surface area contributed by atoms with Crippen LogP contribution in [0.15, 0.2) is 47.6 Å². The average molecular weight is 358 g/mol. The third kappa shape index (κ3) is 4.22. The van der Waals surface area contributed by atoms with Gasteiger partial charge < -0.3 is 4.90 Å². The highest BCUT2D eigenvalue weighted by Gasteiger charge is 2.16. The molecular weight excluding hydrogens is 339 g/mol. The van der Waals surface area contributed by atoms with E-state index in [0.717, 1.165) is 16.8 Å². The Morgan fingerprint density at radius 3 is 2.46 bits per heavy atom.